The zero-order chi connectivity index (χ0) is 18.8. The molecule has 0 aromatic carbocycles. The van der Waals surface area contributed by atoms with E-state index in [1.807, 2.05) is 20.8 Å². The average Bonchev–Trinajstić information content (AvgIpc) is 2.43. The quantitative estimate of drug-likeness (QED) is 0.768. The number of esters is 1. The van der Waals surface area contributed by atoms with Crippen LogP contribution < -0.4 is 5.73 Å². The van der Waals surface area contributed by atoms with Crippen LogP contribution in [0.1, 0.15) is 47.5 Å². The number of carbonyl (C=O) groups excluding carboxylic acids is 2. The van der Waals surface area contributed by atoms with Crippen LogP contribution in [0.15, 0.2) is 23.6 Å². The number of ether oxygens (including phenoxy) is 3. The van der Waals surface area contributed by atoms with E-state index < -0.39 is 17.4 Å². The van der Waals surface area contributed by atoms with Crippen LogP contribution in [0.25, 0.3) is 0 Å². The molecule has 25 heavy (non-hydrogen) atoms. The Labute approximate surface area is 148 Å². The van der Waals surface area contributed by atoms with Crippen LogP contribution in [0.3, 0.4) is 0 Å². The number of hydrogen-bond donors (Lipinski definition) is 1. The van der Waals surface area contributed by atoms with E-state index in [4.69, 9.17) is 19.9 Å². The van der Waals surface area contributed by atoms with Gasteiger partial charge >= 0.3 is 12.1 Å². The van der Waals surface area contributed by atoms with Gasteiger partial charge in [0.25, 0.3) is 0 Å². The molecule has 0 saturated carbocycles. The van der Waals surface area contributed by atoms with Crippen molar-refractivity contribution in [2.24, 2.45) is 11.7 Å². The van der Waals surface area contributed by atoms with Gasteiger partial charge in [0.05, 0.1) is 6.08 Å². The van der Waals surface area contributed by atoms with Crippen LogP contribution in [0.4, 0.5) is 4.79 Å². The summed E-state index contributed by atoms with van der Waals surface area (Å²) in [4.78, 5) is 25.5. The van der Waals surface area contributed by atoms with E-state index in [0.29, 0.717) is 24.5 Å². The van der Waals surface area contributed by atoms with E-state index in [1.54, 1.807) is 24.8 Å². The maximum Gasteiger partial charge on any atom is 0.410 e. The smallest absolute Gasteiger partial charge is 0.410 e. The van der Waals surface area contributed by atoms with Crippen LogP contribution in [0.5, 0.6) is 0 Å². The number of hydrogen-bond acceptors (Lipinski definition) is 6. The van der Waals surface area contributed by atoms with Gasteiger partial charge in [0.1, 0.15) is 11.4 Å². The van der Waals surface area contributed by atoms with Crippen molar-refractivity contribution >= 4 is 12.1 Å². The van der Waals surface area contributed by atoms with E-state index in [9.17, 15) is 9.59 Å². The number of carbonyl (C=O) groups is 2. The molecule has 7 heteroatoms. The standard InChI is InChI=1S/C18H28N2O5/c1-17(2,3)25-16(22)20-8-6-7-12(11-20)14(19)9-13-10-15(21)24-18(4,5)23-13/h9-10,12H,6-8,11,19H2,1-5H3/b14-9-. The molecule has 140 valence electrons. The molecule has 0 aromatic heterocycles. The van der Waals surface area contributed by atoms with Crippen LogP contribution in [-0.2, 0) is 19.0 Å². The molecular formula is C18H28N2O5. The van der Waals surface area contributed by atoms with Crippen molar-refractivity contribution in [2.75, 3.05) is 13.1 Å². The van der Waals surface area contributed by atoms with E-state index in [0.717, 1.165) is 12.8 Å². The van der Waals surface area contributed by atoms with Crippen molar-refractivity contribution in [3.63, 3.8) is 0 Å². The molecule has 0 aliphatic carbocycles. The molecule has 1 unspecified atom stereocenters. The highest BCUT2D eigenvalue weighted by molar-refractivity contribution is 5.84. The molecule has 2 aliphatic rings. The minimum atomic E-state index is -1.02. The highest BCUT2D eigenvalue weighted by atomic mass is 16.7. The van der Waals surface area contributed by atoms with E-state index in [-0.39, 0.29) is 12.0 Å². The minimum absolute atomic E-state index is 0.00757. The number of rotatable bonds is 2. The summed E-state index contributed by atoms with van der Waals surface area (Å²) in [5, 5.41) is 0. The first-order chi connectivity index (χ1) is 11.5. The molecule has 2 N–H and O–H groups in total. The molecule has 1 atom stereocenters. The van der Waals surface area contributed by atoms with Crippen molar-refractivity contribution in [3.05, 3.63) is 23.6 Å². The van der Waals surface area contributed by atoms with Crippen LogP contribution in [-0.4, -0.2) is 41.4 Å². The molecule has 1 saturated heterocycles. The molecule has 0 bridgehead atoms. The van der Waals surface area contributed by atoms with Gasteiger partial charge in [-0.05, 0) is 39.7 Å². The second kappa shape index (κ2) is 6.98. The second-order valence-corrected chi connectivity index (χ2v) is 7.88. The Kier molecular flexibility index (Phi) is 5.34. The molecule has 2 aliphatic heterocycles. The van der Waals surface area contributed by atoms with Gasteiger partial charge in [0.15, 0.2) is 0 Å². The summed E-state index contributed by atoms with van der Waals surface area (Å²) in [6.07, 6.45) is 4.29. The van der Waals surface area contributed by atoms with E-state index in [2.05, 4.69) is 0 Å². The van der Waals surface area contributed by atoms with Gasteiger partial charge in [0, 0.05) is 38.6 Å². The van der Waals surface area contributed by atoms with Crippen molar-refractivity contribution in [2.45, 2.75) is 58.8 Å². The minimum Gasteiger partial charge on any atom is -0.452 e. The molecule has 1 amide bonds. The molecule has 0 spiro atoms. The number of amides is 1. The van der Waals surface area contributed by atoms with Gasteiger partial charge in [-0.3, -0.25) is 0 Å². The number of nitrogens with two attached hydrogens (primary N) is 1. The van der Waals surface area contributed by atoms with E-state index >= 15 is 0 Å². The first kappa shape index (κ1) is 19.1. The predicted molar refractivity (Wildman–Crippen MR) is 92.1 cm³/mol. The summed E-state index contributed by atoms with van der Waals surface area (Å²) < 4.78 is 16.1. The highest BCUT2D eigenvalue weighted by Gasteiger charge is 2.31. The second-order valence-electron chi connectivity index (χ2n) is 7.88. The maximum absolute atomic E-state index is 12.2. The summed E-state index contributed by atoms with van der Waals surface area (Å²) in [6.45, 7) is 9.98. The third-order valence-electron chi connectivity index (χ3n) is 3.82. The summed E-state index contributed by atoms with van der Waals surface area (Å²) >= 11 is 0. The Bertz CT molecular complexity index is 601. The normalized spacial score (nSPS) is 24.1. The largest absolute Gasteiger partial charge is 0.452 e. The number of cyclic esters (lactones) is 1. The molecular weight excluding hydrogens is 324 g/mol. The Morgan fingerprint density at radius 3 is 2.68 bits per heavy atom. The lowest BCUT2D eigenvalue weighted by atomic mass is 9.94. The lowest BCUT2D eigenvalue weighted by Gasteiger charge is -2.34. The van der Waals surface area contributed by atoms with Gasteiger partial charge in [-0.1, -0.05) is 0 Å². The summed E-state index contributed by atoms with van der Waals surface area (Å²) in [5.41, 5.74) is 6.26. The third kappa shape index (κ3) is 5.69. The fourth-order valence-electron chi connectivity index (χ4n) is 2.82. The number of nitrogens with zero attached hydrogens (tertiary/aromatic N) is 1. The third-order valence-corrected chi connectivity index (χ3v) is 3.82. The summed E-state index contributed by atoms with van der Waals surface area (Å²) in [5.74, 6) is -1.12. The first-order valence-corrected chi connectivity index (χ1v) is 8.54. The van der Waals surface area contributed by atoms with Crippen molar-refractivity contribution in [3.8, 4) is 0 Å². The van der Waals surface area contributed by atoms with Gasteiger partial charge in [-0.15, -0.1) is 0 Å². The molecule has 1 fully saturated rings. The molecule has 2 heterocycles. The van der Waals surface area contributed by atoms with Crippen LogP contribution in [0, 0.1) is 5.92 Å². The Balaban J connectivity index is 2.05. The van der Waals surface area contributed by atoms with Gasteiger partial charge in [0.2, 0.25) is 5.79 Å². The van der Waals surface area contributed by atoms with Crippen molar-refractivity contribution in [1.82, 2.24) is 4.90 Å². The summed E-state index contributed by atoms with van der Waals surface area (Å²) in [7, 11) is 0. The Hall–Kier alpha value is -2.18. The highest BCUT2D eigenvalue weighted by Crippen LogP contribution is 2.27. The first-order valence-electron chi connectivity index (χ1n) is 8.54. The number of piperidine rings is 1. The number of likely N-dealkylation sites (tertiary alicyclic amines) is 1. The molecule has 0 aromatic rings. The summed E-state index contributed by atoms with van der Waals surface area (Å²) in [6, 6.07) is 0. The lowest BCUT2D eigenvalue weighted by Crippen LogP contribution is -2.44. The topological polar surface area (TPSA) is 91.1 Å². The fourth-order valence-corrected chi connectivity index (χ4v) is 2.82. The number of allylic oxidation sites excluding steroid dienone is 1. The average molecular weight is 352 g/mol. The van der Waals surface area contributed by atoms with Crippen LogP contribution in [0.2, 0.25) is 0 Å². The molecule has 2 rings (SSSR count). The van der Waals surface area contributed by atoms with Crippen molar-refractivity contribution < 1.29 is 23.8 Å². The van der Waals surface area contributed by atoms with Crippen molar-refractivity contribution in [1.29, 1.82) is 0 Å². The fraction of sp³-hybridized carbons (Fsp3) is 0.667. The van der Waals surface area contributed by atoms with Gasteiger partial charge < -0.3 is 24.8 Å². The monoisotopic (exact) mass is 352 g/mol. The predicted octanol–water partition coefficient (Wildman–Crippen LogP) is 2.67. The zero-order valence-corrected chi connectivity index (χ0v) is 15.6. The van der Waals surface area contributed by atoms with Gasteiger partial charge in [-0.25, -0.2) is 9.59 Å². The van der Waals surface area contributed by atoms with Crippen LogP contribution >= 0.6 is 0 Å². The lowest BCUT2D eigenvalue weighted by molar-refractivity contribution is -0.203. The van der Waals surface area contributed by atoms with E-state index in [1.165, 1.54) is 6.08 Å². The van der Waals surface area contributed by atoms with Gasteiger partial charge in [-0.2, -0.15) is 0 Å². The molecule has 0 radical (unpaired) electrons. The Morgan fingerprint density at radius 2 is 2.08 bits per heavy atom. The SMILES string of the molecule is CC(C)(C)OC(=O)N1CCCC(/C(N)=C/C2=CC(=O)OC(C)(C)O2)C1. The zero-order valence-electron chi connectivity index (χ0n) is 15.6. The molecule has 7 nitrogen and oxygen atoms in total. The maximum atomic E-state index is 12.2. The Morgan fingerprint density at radius 1 is 1.40 bits per heavy atom.